The van der Waals surface area contributed by atoms with E-state index in [1.165, 1.54) is 19.2 Å². The third-order valence-corrected chi connectivity index (χ3v) is 3.04. The van der Waals surface area contributed by atoms with Crippen molar-refractivity contribution in [1.82, 2.24) is 5.43 Å². The second-order valence-electron chi connectivity index (χ2n) is 4.58. The SMILES string of the molecule is COc1ccc(C(=O)N/N=C\c2cc([N+](=O)[O-])c(O)cc2O)cc1. The van der Waals surface area contributed by atoms with Gasteiger partial charge in [0.05, 0.1) is 18.2 Å². The van der Waals surface area contributed by atoms with Gasteiger partial charge in [0, 0.05) is 23.3 Å². The van der Waals surface area contributed by atoms with E-state index in [9.17, 15) is 25.1 Å². The van der Waals surface area contributed by atoms with Crippen molar-refractivity contribution >= 4 is 17.8 Å². The maximum atomic E-state index is 11.9. The summed E-state index contributed by atoms with van der Waals surface area (Å²) in [5, 5.41) is 33.4. The molecule has 9 nitrogen and oxygen atoms in total. The molecule has 2 aromatic carbocycles. The number of aromatic hydroxyl groups is 2. The molecule has 24 heavy (non-hydrogen) atoms. The molecule has 0 fully saturated rings. The molecule has 0 heterocycles. The van der Waals surface area contributed by atoms with Gasteiger partial charge >= 0.3 is 5.69 Å². The van der Waals surface area contributed by atoms with Crippen LogP contribution >= 0.6 is 0 Å². The number of ether oxygens (including phenoxy) is 1. The van der Waals surface area contributed by atoms with Gasteiger partial charge in [-0.05, 0) is 24.3 Å². The van der Waals surface area contributed by atoms with Crippen molar-refractivity contribution in [3.8, 4) is 17.2 Å². The molecular formula is C15H13N3O6. The molecule has 0 bridgehead atoms. The van der Waals surface area contributed by atoms with Crippen molar-refractivity contribution < 1.29 is 24.7 Å². The molecule has 1 amide bonds. The topological polar surface area (TPSA) is 134 Å². The van der Waals surface area contributed by atoms with E-state index in [0.717, 1.165) is 18.3 Å². The molecule has 0 saturated heterocycles. The number of carbonyl (C=O) groups is 1. The number of benzene rings is 2. The molecule has 0 atom stereocenters. The fourth-order valence-electron chi connectivity index (χ4n) is 1.80. The second-order valence-corrected chi connectivity index (χ2v) is 4.58. The number of carbonyl (C=O) groups excluding carboxylic acids is 1. The van der Waals surface area contributed by atoms with Gasteiger partial charge in [0.15, 0.2) is 5.75 Å². The Morgan fingerprint density at radius 2 is 1.92 bits per heavy atom. The standard InChI is InChI=1S/C15H13N3O6/c1-24-11-4-2-9(3-5-11)15(21)17-16-8-10-6-12(18(22)23)14(20)7-13(10)19/h2-8,19-20H,1H3,(H,17,21)/b16-8-. The Hall–Kier alpha value is -3.62. The first-order valence-electron chi connectivity index (χ1n) is 6.60. The Balaban J connectivity index is 2.12. The van der Waals surface area contributed by atoms with Crippen LogP contribution in [-0.4, -0.2) is 34.4 Å². The monoisotopic (exact) mass is 331 g/mol. The van der Waals surface area contributed by atoms with Crippen molar-refractivity contribution in [1.29, 1.82) is 0 Å². The Labute approximate surface area is 136 Å². The number of amides is 1. The van der Waals surface area contributed by atoms with Crippen LogP contribution in [0.2, 0.25) is 0 Å². The zero-order valence-corrected chi connectivity index (χ0v) is 12.5. The van der Waals surface area contributed by atoms with Crippen molar-refractivity contribution in [3.05, 3.63) is 57.6 Å². The third kappa shape index (κ3) is 3.77. The minimum Gasteiger partial charge on any atom is -0.507 e. The highest BCUT2D eigenvalue weighted by Gasteiger charge is 2.16. The van der Waals surface area contributed by atoms with Gasteiger partial charge in [0.1, 0.15) is 11.5 Å². The Morgan fingerprint density at radius 1 is 1.25 bits per heavy atom. The number of methoxy groups -OCH3 is 1. The quantitative estimate of drug-likeness (QED) is 0.434. The van der Waals surface area contributed by atoms with E-state index < -0.39 is 28.0 Å². The molecule has 0 saturated carbocycles. The summed E-state index contributed by atoms with van der Waals surface area (Å²) in [6.45, 7) is 0. The maximum Gasteiger partial charge on any atom is 0.311 e. The van der Waals surface area contributed by atoms with Crippen LogP contribution in [0.1, 0.15) is 15.9 Å². The summed E-state index contributed by atoms with van der Waals surface area (Å²) < 4.78 is 4.98. The highest BCUT2D eigenvalue weighted by Crippen LogP contribution is 2.31. The molecule has 2 aromatic rings. The number of hydrazone groups is 1. The zero-order chi connectivity index (χ0) is 17.7. The number of nitro groups is 1. The summed E-state index contributed by atoms with van der Waals surface area (Å²) in [4.78, 5) is 21.8. The summed E-state index contributed by atoms with van der Waals surface area (Å²) in [6.07, 6.45) is 1.03. The highest BCUT2D eigenvalue weighted by atomic mass is 16.6. The van der Waals surface area contributed by atoms with Crippen molar-refractivity contribution in [2.75, 3.05) is 7.11 Å². The molecule has 2 rings (SSSR count). The summed E-state index contributed by atoms with van der Waals surface area (Å²) in [6, 6.07) is 8.04. The minimum atomic E-state index is -0.804. The first-order valence-corrected chi connectivity index (χ1v) is 6.60. The molecule has 124 valence electrons. The number of phenols is 2. The molecular weight excluding hydrogens is 318 g/mol. The number of hydrogen-bond donors (Lipinski definition) is 3. The van der Waals surface area contributed by atoms with E-state index in [0.29, 0.717) is 11.3 Å². The van der Waals surface area contributed by atoms with Crippen molar-refractivity contribution in [2.45, 2.75) is 0 Å². The summed E-state index contributed by atoms with van der Waals surface area (Å²) in [5.41, 5.74) is 1.93. The number of nitro benzene ring substituents is 1. The first kappa shape index (κ1) is 16.7. The molecule has 3 N–H and O–H groups in total. The fourth-order valence-corrected chi connectivity index (χ4v) is 1.80. The summed E-state index contributed by atoms with van der Waals surface area (Å²) >= 11 is 0. The largest absolute Gasteiger partial charge is 0.507 e. The molecule has 0 radical (unpaired) electrons. The van der Waals surface area contributed by atoms with Gasteiger partial charge in [-0.1, -0.05) is 0 Å². The smallest absolute Gasteiger partial charge is 0.311 e. The van der Waals surface area contributed by atoms with Gasteiger partial charge in [0.2, 0.25) is 0 Å². The van der Waals surface area contributed by atoms with Gasteiger partial charge in [0.25, 0.3) is 5.91 Å². The highest BCUT2D eigenvalue weighted by molar-refractivity contribution is 5.95. The van der Waals surface area contributed by atoms with Crippen LogP contribution in [0.25, 0.3) is 0 Å². The first-order chi connectivity index (χ1) is 11.4. The van der Waals surface area contributed by atoms with Crippen LogP contribution in [0.3, 0.4) is 0 Å². The third-order valence-electron chi connectivity index (χ3n) is 3.04. The van der Waals surface area contributed by atoms with Gasteiger partial charge in [-0.3, -0.25) is 14.9 Å². The number of rotatable bonds is 5. The number of hydrogen-bond acceptors (Lipinski definition) is 7. The van der Waals surface area contributed by atoms with Gasteiger partial charge in [-0.15, -0.1) is 0 Å². The van der Waals surface area contributed by atoms with Crippen LogP contribution in [0.4, 0.5) is 5.69 Å². The van der Waals surface area contributed by atoms with Crippen LogP contribution in [-0.2, 0) is 0 Å². The predicted octanol–water partition coefficient (Wildman–Crippen LogP) is 1.78. The Kier molecular flexibility index (Phi) is 4.95. The number of phenolic OH excluding ortho intramolecular Hbond substituents is 2. The Morgan fingerprint density at radius 3 is 2.50 bits per heavy atom. The number of nitrogens with one attached hydrogen (secondary N) is 1. The molecule has 0 aliphatic rings. The zero-order valence-electron chi connectivity index (χ0n) is 12.5. The second kappa shape index (κ2) is 7.09. The van der Waals surface area contributed by atoms with Crippen molar-refractivity contribution in [3.63, 3.8) is 0 Å². The molecule has 0 spiro atoms. The lowest BCUT2D eigenvalue weighted by Crippen LogP contribution is -2.17. The van der Waals surface area contributed by atoms with Crippen LogP contribution in [0.5, 0.6) is 17.2 Å². The predicted molar refractivity (Wildman–Crippen MR) is 84.5 cm³/mol. The van der Waals surface area contributed by atoms with Gasteiger partial charge in [-0.2, -0.15) is 5.10 Å². The van der Waals surface area contributed by atoms with Crippen LogP contribution in [0, 0.1) is 10.1 Å². The Bertz CT molecular complexity index is 802. The molecule has 9 heteroatoms. The van der Waals surface area contributed by atoms with Crippen LogP contribution in [0.15, 0.2) is 41.5 Å². The lowest BCUT2D eigenvalue weighted by Gasteiger charge is -2.03. The van der Waals surface area contributed by atoms with Crippen molar-refractivity contribution in [2.24, 2.45) is 5.10 Å². The average Bonchev–Trinajstić information content (AvgIpc) is 2.56. The summed E-state index contributed by atoms with van der Waals surface area (Å²) in [7, 11) is 1.50. The van der Waals surface area contributed by atoms with E-state index in [-0.39, 0.29) is 5.56 Å². The molecule has 0 unspecified atom stereocenters. The van der Waals surface area contributed by atoms with E-state index in [4.69, 9.17) is 4.74 Å². The van der Waals surface area contributed by atoms with Gasteiger partial charge in [-0.25, -0.2) is 5.43 Å². The normalized spacial score (nSPS) is 10.5. The summed E-state index contributed by atoms with van der Waals surface area (Å²) in [5.74, 6) is -1.00. The van der Waals surface area contributed by atoms with Crippen LogP contribution < -0.4 is 10.2 Å². The maximum absolute atomic E-state index is 11.9. The van der Waals surface area contributed by atoms with Gasteiger partial charge < -0.3 is 14.9 Å². The number of nitrogens with zero attached hydrogens (tertiary/aromatic N) is 2. The fraction of sp³-hybridized carbons (Fsp3) is 0.0667. The average molecular weight is 331 g/mol. The van der Waals surface area contributed by atoms with E-state index in [1.807, 2.05) is 0 Å². The minimum absolute atomic E-state index is 0.0328. The molecule has 0 aromatic heterocycles. The molecule has 0 aliphatic carbocycles. The van der Waals surface area contributed by atoms with E-state index >= 15 is 0 Å². The lowest BCUT2D eigenvalue weighted by atomic mass is 10.2. The van der Waals surface area contributed by atoms with E-state index in [2.05, 4.69) is 10.5 Å². The molecule has 0 aliphatic heterocycles. The lowest BCUT2D eigenvalue weighted by molar-refractivity contribution is -0.385. The van der Waals surface area contributed by atoms with E-state index in [1.54, 1.807) is 12.1 Å².